The van der Waals surface area contributed by atoms with Gasteiger partial charge in [0.05, 0.1) is 18.3 Å². The lowest BCUT2D eigenvalue weighted by atomic mass is 10.1. The SMILES string of the molecule is CCC(O)c1c(C)nn(Cc2c(F)cccc2Cl)c1C. The maximum absolute atomic E-state index is 13.8. The van der Waals surface area contributed by atoms with Crippen LogP contribution in [0.2, 0.25) is 5.02 Å². The number of hydrogen-bond donors (Lipinski definition) is 1. The van der Waals surface area contributed by atoms with E-state index in [0.29, 0.717) is 17.0 Å². The van der Waals surface area contributed by atoms with E-state index in [9.17, 15) is 9.50 Å². The van der Waals surface area contributed by atoms with Crippen molar-refractivity contribution in [3.8, 4) is 0 Å². The van der Waals surface area contributed by atoms with Crippen LogP contribution >= 0.6 is 11.6 Å². The fraction of sp³-hybridized carbons (Fsp3) is 0.400. The number of rotatable bonds is 4. The first-order valence-electron chi connectivity index (χ1n) is 6.60. The number of halogens is 2. The molecule has 5 heteroatoms. The van der Waals surface area contributed by atoms with Crippen LogP contribution in [0.5, 0.6) is 0 Å². The predicted molar refractivity (Wildman–Crippen MR) is 77.5 cm³/mol. The van der Waals surface area contributed by atoms with E-state index >= 15 is 0 Å². The molecule has 0 saturated carbocycles. The molecule has 1 aromatic heterocycles. The zero-order valence-electron chi connectivity index (χ0n) is 11.8. The largest absolute Gasteiger partial charge is 0.388 e. The van der Waals surface area contributed by atoms with Gasteiger partial charge in [0, 0.05) is 21.8 Å². The Hall–Kier alpha value is -1.39. The normalized spacial score (nSPS) is 12.7. The van der Waals surface area contributed by atoms with Gasteiger partial charge in [0.15, 0.2) is 0 Å². The van der Waals surface area contributed by atoms with Gasteiger partial charge in [0.2, 0.25) is 0 Å². The van der Waals surface area contributed by atoms with E-state index in [4.69, 9.17) is 11.6 Å². The van der Waals surface area contributed by atoms with Gasteiger partial charge in [-0.1, -0.05) is 24.6 Å². The number of aliphatic hydroxyl groups excluding tert-OH is 1. The maximum atomic E-state index is 13.8. The monoisotopic (exact) mass is 296 g/mol. The Labute approximate surface area is 123 Å². The minimum absolute atomic E-state index is 0.259. The molecule has 1 N–H and O–H groups in total. The summed E-state index contributed by atoms with van der Waals surface area (Å²) in [5.41, 5.74) is 2.85. The summed E-state index contributed by atoms with van der Waals surface area (Å²) in [6.07, 6.45) is 0.0771. The number of aromatic nitrogens is 2. The Morgan fingerprint density at radius 1 is 1.40 bits per heavy atom. The molecule has 1 atom stereocenters. The fourth-order valence-electron chi connectivity index (χ4n) is 2.38. The topological polar surface area (TPSA) is 38.1 Å². The van der Waals surface area contributed by atoms with Crippen molar-refractivity contribution in [1.82, 2.24) is 9.78 Å². The summed E-state index contributed by atoms with van der Waals surface area (Å²) in [5.74, 6) is -0.345. The van der Waals surface area contributed by atoms with Crippen molar-refractivity contribution >= 4 is 11.6 Å². The highest BCUT2D eigenvalue weighted by molar-refractivity contribution is 6.31. The van der Waals surface area contributed by atoms with E-state index in [0.717, 1.165) is 17.0 Å². The van der Waals surface area contributed by atoms with E-state index in [1.165, 1.54) is 6.07 Å². The van der Waals surface area contributed by atoms with Gasteiger partial charge in [-0.15, -0.1) is 0 Å². The van der Waals surface area contributed by atoms with E-state index in [2.05, 4.69) is 5.10 Å². The first-order chi connectivity index (χ1) is 9.45. The van der Waals surface area contributed by atoms with Crippen molar-refractivity contribution in [2.24, 2.45) is 0 Å². The maximum Gasteiger partial charge on any atom is 0.129 e. The minimum Gasteiger partial charge on any atom is -0.388 e. The van der Waals surface area contributed by atoms with Crippen molar-refractivity contribution in [2.75, 3.05) is 0 Å². The molecular weight excluding hydrogens is 279 g/mol. The molecule has 0 aliphatic heterocycles. The lowest BCUT2D eigenvalue weighted by Crippen LogP contribution is -2.07. The second kappa shape index (κ2) is 5.94. The molecule has 1 aromatic carbocycles. The van der Waals surface area contributed by atoms with Crippen LogP contribution in [0.3, 0.4) is 0 Å². The number of nitrogens with zero attached hydrogens (tertiary/aromatic N) is 2. The molecule has 0 amide bonds. The Morgan fingerprint density at radius 2 is 2.10 bits per heavy atom. The van der Waals surface area contributed by atoms with Gasteiger partial charge in [-0.3, -0.25) is 4.68 Å². The van der Waals surface area contributed by atoms with Gasteiger partial charge in [0.25, 0.3) is 0 Å². The molecule has 108 valence electrons. The van der Waals surface area contributed by atoms with E-state index in [1.807, 2.05) is 20.8 Å². The molecule has 0 saturated heterocycles. The minimum atomic E-state index is -0.542. The summed E-state index contributed by atoms with van der Waals surface area (Å²) in [4.78, 5) is 0. The summed E-state index contributed by atoms with van der Waals surface area (Å²) in [6, 6.07) is 4.62. The Morgan fingerprint density at radius 3 is 2.70 bits per heavy atom. The fourth-order valence-corrected chi connectivity index (χ4v) is 2.61. The number of hydrogen-bond acceptors (Lipinski definition) is 2. The van der Waals surface area contributed by atoms with Crippen molar-refractivity contribution in [1.29, 1.82) is 0 Å². The predicted octanol–water partition coefficient (Wildman–Crippen LogP) is 3.78. The second-order valence-electron chi connectivity index (χ2n) is 4.87. The highest BCUT2D eigenvalue weighted by Gasteiger charge is 2.19. The van der Waals surface area contributed by atoms with Crippen LogP contribution in [0, 0.1) is 19.7 Å². The second-order valence-corrected chi connectivity index (χ2v) is 5.27. The Balaban J connectivity index is 2.40. The number of benzene rings is 1. The third kappa shape index (κ3) is 2.72. The molecule has 20 heavy (non-hydrogen) atoms. The first-order valence-corrected chi connectivity index (χ1v) is 6.98. The summed E-state index contributed by atoms with van der Waals surface area (Å²) in [5, 5.41) is 14.8. The first kappa shape index (κ1) is 15.0. The van der Waals surface area contributed by atoms with Crippen LogP contribution < -0.4 is 0 Å². The summed E-state index contributed by atoms with van der Waals surface area (Å²) in [7, 11) is 0. The highest BCUT2D eigenvalue weighted by atomic mass is 35.5. The molecule has 1 heterocycles. The van der Waals surface area contributed by atoms with Crippen LogP contribution in [0.25, 0.3) is 0 Å². The van der Waals surface area contributed by atoms with Crippen LogP contribution in [-0.4, -0.2) is 14.9 Å². The summed E-state index contributed by atoms with van der Waals surface area (Å²) >= 11 is 6.04. The van der Waals surface area contributed by atoms with Gasteiger partial charge in [-0.2, -0.15) is 5.10 Å². The molecular formula is C15H18ClFN2O. The summed E-state index contributed by atoms with van der Waals surface area (Å²) < 4.78 is 15.5. The molecule has 1 unspecified atom stereocenters. The average molecular weight is 297 g/mol. The van der Waals surface area contributed by atoms with Gasteiger partial charge in [-0.25, -0.2) is 4.39 Å². The summed E-state index contributed by atoms with van der Waals surface area (Å²) in [6.45, 7) is 5.90. The smallest absolute Gasteiger partial charge is 0.129 e. The molecule has 2 aromatic rings. The van der Waals surface area contributed by atoms with Crippen LogP contribution in [0.1, 0.15) is 42.0 Å². The van der Waals surface area contributed by atoms with Crippen molar-refractivity contribution in [3.63, 3.8) is 0 Å². The standard InChI is InChI=1S/C15H18ClFN2O/c1-4-14(20)15-9(2)18-19(10(15)3)8-11-12(16)6-5-7-13(11)17/h5-7,14,20H,4,8H2,1-3H3. The number of aliphatic hydroxyl groups is 1. The van der Waals surface area contributed by atoms with Crippen LogP contribution in [-0.2, 0) is 6.54 Å². The molecule has 0 bridgehead atoms. The zero-order valence-corrected chi connectivity index (χ0v) is 12.6. The van der Waals surface area contributed by atoms with E-state index in [-0.39, 0.29) is 12.4 Å². The zero-order chi connectivity index (χ0) is 14.9. The van der Waals surface area contributed by atoms with Gasteiger partial charge >= 0.3 is 0 Å². The Bertz CT molecular complexity index is 604. The lowest BCUT2D eigenvalue weighted by molar-refractivity contribution is 0.172. The van der Waals surface area contributed by atoms with Gasteiger partial charge in [-0.05, 0) is 32.4 Å². The highest BCUT2D eigenvalue weighted by Crippen LogP contribution is 2.26. The Kier molecular flexibility index (Phi) is 4.45. The van der Waals surface area contributed by atoms with Crippen molar-refractivity contribution in [2.45, 2.75) is 39.8 Å². The quantitative estimate of drug-likeness (QED) is 0.932. The van der Waals surface area contributed by atoms with Crippen LogP contribution in [0.15, 0.2) is 18.2 Å². The third-order valence-electron chi connectivity index (χ3n) is 3.53. The molecule has 0 radical (unpaired) electrons. The van der Waals surface area contributed by atoms with Gasteiger partial charge < -0.3 is 5.11 Å². The number of aryl methyl sites for hydroxylation is 1. The molecule has 0 aliphatic rings. The molecule has 0 spiro atoms. The molecule has 0 aliphatic carbocycles. The van der Waals surface area contributed by atoms with E-state index < -0.39 is 6.10 Å². The van der Waals surface area contributed by atoms with Crippen LogP contribution in [0.4, 0.5) is 4.39 Å². The molecule has 3 nitrogen and oxygen atoms in total. The lowest BCUT2D eigenvalue weighted by Gasteiger charge is -2.10. The van der Waals surface area contributed by atoms with E-state index in [1.54, 1.807) is 16.8 Å². The molecule has 2 rings (SSSR count). The third-order valence-corrected chi connectivity index (χ3v) is 3.88. The van der Waals surface area contributed by atoms with Crippen molar-refractivity contribution < 1.29 is 9.50 Å². The average Bonchev–Trinajstić information content (AvgIpc) is 2.68. The molecule has 0 fully saturated rings. The van der Waals surface area contributed by atoms with Gasteiger partial charge in [0.1, 0.15) is 5.82 Å². The van der Waals surface area contributed by atoms with Crippen molar-refractivity contribution in [3.05, 3.63) is 51.6 Å².